The molecule has 0 fully saturated rings. The molecule has 0 saturated carbocycles. The molecule has 2 rings (SSSR count). The van der Waals surface area contributed by atoms with Crippen LogP contribution in [0.25, 0.3) is 0 Å². The number of pyridine rings is 1. The van der Waals surface area contributed by atoms with E-state index in [4.69, 9.17) is 0 Å². The quantitative estimate of drug-likeness (QED) is 0.472. The molecule has 0 aliphatic rings. The van der Waals surface area contributed by atoms with Gasteiger partial charge in [0, 0.05) is 22.5 Å². The number of halogens is 1. The largest absolute Gasteiger partial charge is 0.302 e. The van der Waals surface area contributed by atoms with Gasteiger partial charge in [0.1, 0.15) is 0 Å². The lowest BCUT2D eigenvalue weighted by Gasteiger charge is -2.03. The molecule has 1 aromatic carbocycles. The van der Waals surface area contributed by atoms with Gasteiger partial charge < -0.3 is 0 Å². The van der Waals surface area contributed by atoms with Crippen molar-refractivity contribution in [3.05, 3.63) is 62.2 Å². The molecule has 0 amide bonds. The highest BCUT2D eigenvalue weighted by Gasteiger charge is 2.16. The number of nitro groups is 1. The van der Waals surface area contributed by atoms with Gasteiger partial charge in [-0.1, -0.05) is 41.6 Å². The van der Waals surface area contributed by atoms with E-state index >= 15 is 0 Å². The average Bonchev–Trinajstić information content (AvgIpc) is 2.37. The van der Waals surface area contributed by atoms with Crippen LogP contribution in [0.4, 0.5) is 5.69 Å². The first-order chi connectivity index (χ1) is 9.06. The van der Waals surface area contributed by atoms with Gasteiger partial charge in [-0.25, -0.2) is 4.98 Å². The fraction of sp³-hybridized carbons (Fsp3) is 0.154. The summed E-state index contributed by atoms with van der Waals surface area (Å²) in [6.07, 6.45) is 1.57. The summed E-state index contributed by atoms with van der Waals surface area (Å²) in [4.78, 5) is 14.7. The van der Waals surface area contributed by atoms with Crippen molar-refractivity contribution in [3.8, 4) is 0 Å². The number of aryl methyl sites for hydroxylation is 1. The molecule has 98 valence electrons. The van der Waals surface area contributed by atoms with Crippen LogP contribution in [-0.2, 0) is 5.75 Å². The summed E-state index contributed by atoms with van der Waals surface area (Å²) in [5, 5.41) is 11.4. The van der Waals surface area contributed by atoms with E-state index < -0.39 is 4.92 Å². The zero-order chi connectivity index (χ0) is 13.8. The maximum atomic E-state index is 11.0. The smallest absolute Gasteiger partial charge is 0.258 e. The summed E-state index contributed by atoms with van der Waals surface area (Å²) in [6, 6.07) is 9.55. The van der Waals surface area contributed by atoms with Crippen LogP contribution >= 0.6 is 27.7 Å². The summed E-state index contributed by atoms with van der Waals surface area (Å²) >= 11 is 4.57. The Morgan fingerprint density at radius 2 is 2.21 bits per heavy atom. The van der Waals surface area contributed by atoms with Crippen molar-refractivity contribution in [1.82, 2.24) is 4.98 Å². The maximum absolute atomic E-state index is 11.0. The van der Waals surface area contributed by atoms with Crippen LogP contribution in [0, 0.1) is 17.0 Å². The van der Waals surface area contributed by atoms with Gasteiger partial charge in [-0.15, -0.1) is 0 Å². The molecule has 1 aromatic heterocycles. The van der Waals surface area contributed by atoms with Crippen LogP contribution in [0.1, 0.15) is 11.1 Å². The van der Waals surface area contributed by atoms with Crippen molar-refractivity contribution in [1.29, 1.82) is 0 Å². The van der Waals surface area contributed by atoms with E-state index in [0.717, 1.165) is 5.56 Å². The second-order valence-electron chi connectivity index (χ2n) is 4.01. The fourth-order valence-electron chi connectivity index (χ4n) is 1.61. The maximum Gasteiger partial charge on any atom is 0.302 e. The van der Waals surface area contributed by atoms with E-state index in [1.165, 1.54) is 23.4 Å². The molecule has 2 aromatic rings. The molecule has 4 nitrogen and oxygen atoms in total. The predicted molar refractivity (Wildman–Crippen MR) is 79.3 cm³/mol. The number of nitrogens with zero attached hydrogens (tertiary/aromatic N) is 2. The van der Waals surface area contributed by atoms with Crippen LogP contribution in [0.5, 0.6) is 0 Å². The monoisotopic (exact) mass is 338 g/mol. The summed E-state index contributed by atoms with van der Waals surface area (Å²) in [6.45, 7) is 2.02. The van der Waals surface area contributed by atoms with Crippen molar-refractivity contribution in [2.75, 3.05) is 0 Å². The molecular formula is C13H11BrN2O2S. The molecular weight excluding hydrogens is 328 g/mol. The third-order valence-electron chi connectivity index (χ3n) is 2.45. The summed E-state index contributed by atoms with van der Waals surface area (Å²) in [5.41, 5.74) is 2.34. The van der Waals surface area contributed by atoms with Crippen molar-refractivity contribution in [2.45, 2.75) is 17.7 Å². The van der Waals surface area contributed by atoms with E-state index in [1.54, 1.807) is 6.20 Å². The highest BCUT2D eigenvalue weighted by Crippen LogP contribution is 2.31. The fourth-order valence-corrected chi connectivity index (χ4v) is 2.82. The first kappa shape index (κ1) is 14.0. The second-order valence-corrected chi connectivity index (χ2v) is 5.89. The Morgan fingerprint density at radius 3 is 2.89 bits per heavy atom. The van der Waals surface area contributed by atoms with E-state index in [9.17, 15) is 10.1 Å². The Morgan fingerprint density at radius 1 is 1.42 bits per heavy atom. The lowest BCUT2D eigenvalue weighted by molar-refractivity contribution is -0.388. The average molecular weight is 339 g/mol. The lowest BCUT2D eigenvalue weighted by atomic mass is 10.2. The zero-order valence-electron chi connectivity index (χ0n) is 10.2. The number of hydrogen-bond donors (Lipinski definition) is 0. The molecule has 0 radical (unpaired) electrons. The molecule has 0 aliphatic heterocycles. The molecule has 6 heteroatoms. The van der Waals surface area contributed by atoms with E-state index in [0.29, 0.717) is 15.3 Å². The SMILES string of the molecule is Cc1cccc(CSc2ncc(Br)cc2[N+](=O)[O-])c1. The van der Waals surface area contributed by atoms with Crippen molar-refractivity contribution in [2.24, 2.45) is 0 Å². The van der Waals surface area contributed by atoms with Gasteiger partial charge in [0.15, 0.2) is 5.03 Å². The van der Waals surface area contributed by atoms with Gasteiger partial charge in [0.05, 0.1) is 4.92 Å². The van der Waals surface area contributed by atoms with E-state index in [-0.39, 0.29) is 5.69 Å². The molecule has 0 atom stereocenters. The van der Waals surface area contributed by atoms with Crippen LogP contribution in [0.15, 0.2) is 46.0 Å². The number of benzene rings is 1. The van der Waals surface area contributed by atoms with E-state index in [1.807, 2.05) is 25.1 Å². The Hall–Kier alpha value is -1.40. The highest BCUT2D eigenvalue weighted by atomic mass is 79.9. The van der Waals surface area contributed by atoms with Gasteiger partial charge in [-0.3, -0.25) is 10.1 Å². The normalized spacial score (nSPS) is 10.4. The van der Waals surface area contributed by atoms with Gasteiger partial charge in [-0.2, -0.15) is 0 Å². The Bertz CT molecular complexity index is 619. The molecule has 19 heavy (non-hydrogen) atoms. The van der Waals surface area contributed by atoms with Gasteiger partial charge in [0.2, 0.25) is 0 Å². The molecule has 0 saturated heterocycles. The Labute approximate surface area is 123 Å². The summed E-state index contributed by atoms with van der Waals surface area (Å²) in [7, 11) is 0. The summed E-state index contributed by atoms with van der Waals surface area (Å²) < 4.78 is 0.610. The zero-order valence-corrected chi connectivity index (χ0v) is 12.6. The number of thioether (sulfide) groups is 1. The molecule has 0 spiro atoms. The first-order valence-corrected chi connectivity index (χ1v) is 7.32. The molecule has 1 heterocycles. The second kappa shape index (κ2) is 6.16. The van der Waals surface area contributed by atoms with Crippen molar-refractivity contribution >= 4 is 33.4 Å². The Kier molecular flexibility index (Phi) is 4.55. The molecule has 0 bridgehead atoms. The first-order valence-electron chi connectivity index (χ1n) is 5.54. The van der Waals surface area contributed by atoms with Gasteiger partial charge in [-0.05, 0) is 28.4 Å². The number of rotatable bonds is 4. The van der Waals surface area contributed by atoms with E-state index in [2.05, 4.69) is 27.0 Å². The standard InChI is InChI=1S/C13H11BrN2O2S/c1-9-3-2-4-10(5-9)8-19-13-12(16(17)18)6-11(14)7-15-13/h2-7H,8H2,1H3. The minimum absolute atomic E-state index is 0.0343. The van der Waals surface area contributed by atoms with Crippen LogP contribution in [0.3, 0.4) is 0 Å². The summed E-state index contributed by atoms with van der Waals surface area (Å²) in [5.74, 6) is 0.664. The van der Waals surface area contributed by atoms with Crippen molar-refractivity contribution in [3.63, 3.8) is 0 Å². The molecule has 0 N–H and O–H groups in total. The predicted octanol–water partition coefficient (Wildman–Crippen LogP) is 4.35. The van der Waals surface area contributed by atoms with Gasteiger partial charge in [0.25, 0.3) is 0 Å². The van der Waals surface area contributed by atoms with Crippen LogP contribution < -0.4 is 0 Å². The van der Waals surface area contributed by atoms with Crippen molar-refractivity contribution < 1.29 is 4.92 Å². The minimum Gasteiger partial charge on any atom is -0.258 e. The van der Waals surface area contributed by atoms with Crippen LogP contribution in [0.2, 0.25) is 0 Å². The van der Waals surface area contributed by atoms with Crippen LogP contribution in [-0.4, -0.2) is 9.91 Å². The molecule has 0 aliphatic carbocycles. The Balaban J connectivity index is 2.17. The number of hydrogen-bond acceptors (Lipinski definition) is 4. The number of aromatic nitrogens is 1. The highest BCUT2D eigenvalue weighted by molar-refractivity contribution is 9.10. The molecule has 0 unspecified atom stereocenters. The third kappa shape index (κ3) is 3.78. The lowest BCUT2D eigenvalue weighted by Crippen LogP contribution is -1.94. The third-order valence-corrected chi connectivity index (χ3v) is 3.95. The topological polar surface area (TPSA) is 56.0 Å². The van der Waals surface area contributed by atoms with Gasteiger partial charge >= 0.3 is 5.69 Å². The minimum atomic E-state index is -0.406.